The van der Waals surface area contributed by atoms with E-state index in [0.29, 0.717) is 0 Å². The van der Waals surface area contributed by atoms with E-state index < -0.39 is 20.8 Å². The summed E-state index contributed by atoms with van der Waals surface area (Å²) in [6.45, 7) is 22.1. The van der Waals surface area contributed by atoms with Crippen molar-refractivity contribution in [3.63, 3.8) is 0 Å². The van der Waals surface area contributed by atoms with E-state index in [2.05, 4.69) is 129 Å². The molecular weight excluding hydrogens is 551 g/mol. The Labute approximate surface area is 229 Å². The summed E-state index contributed by atoms with van der Waals surface area (Å²) in [6, 6.07) is 22.5. The van der Waals surface area contributed by atoms with Gasteiger partial charge in [0, 0.05) is 9.52 Å². The molecule has 0 amide bonds. The van der Waals surface area contributed by atoms with E-state index in [-0.39, 0.29) is 10.8 Å². The van der Waals surface area contributed by atoms with Crippen LogP contribution in [-0.4, -0.2) is 9.52 Å². The zero-order valence-electron chi connectivity index (χ0n) is 22.5. The van der Waals surface area contributed by atoms with Crippen molar-refractivity contribution < 1.29 is 20.8 Å². The molecule has 0 aliphatic carbocycles. The Morgan fingerprint density at radius 2 is 0.941 bits per heavy atom. The second-order valence-electron chi connectivity index (χ2n) is 10.8. The van der Waals surface area contributed by atoms with Crippen molar-refractivity contribution in [1.29, 1.82) is 0 Å². The minimum absolute atomic E-state index is 0.249. The second kappa shape index (κ2) is 14.2. The molecule has 0 aromatic heterocycles. The molecule has 4 aromatic carbocycles. The van der Waals surface area contributed by atoms with Gasteiger partial charge in [0.05, 0.1) is 0 Å². The van der Waals surface area contributed by atoms with Crippen LogP contribution in [0.5, 0.6) is 0 Å². The number of hydrogen-bond acceptors (Lipinski definition) is 0. The molecule has 182 valence electrons. The number of fused-ring (bicyclic) bond motifs is 2. The van der Waals surface area contributed by atoms with Crippen molar-refractivity contribution in [2.75, 3.05) is 0 Å². The summed E-state index contributed by atoms with van der Waals surface area (Å²) in [5, 5.41) is 5.45. The van der Waals surface area contributed by atoms with Crippen LogP contribution in [-0.2, 0) is 31.7 Å². The van der Waals surface area contributed by atoms with E-state index in [1.54, 1.807) is 0 Å². The predicted molar refractivity (Wildman–Crippen MR) is 155 cm³/mol. The quantitative estimate of drug-likeness (QED) is 0.141. The molecule has 0 spiro atoms. The zero-order chi connectivity index (χ0) is 26.1. The van der Waals surface area contributed by atoms with Crippen LogP contribution in [0.2, 0.25) is 13.1 Å². The molecule has 4 rings (SSSR count). The van der Waals surface area contributed by atoms with Crippen molar-refractivity contribution >= 4 is 48.1 Å². The van der Waals surface area contributed by atoms with Crippen LogP contribution in [0.25, 0.3) is 21.5 Å². The molecule has 0 bridgehead atoms. The fourth-order valence-electron chi connectivity index (χ4n) is 3.66. The Hall–Kier alpha value is -0.660. The van der Waals surface area contributed by atoms with E-state index in [1.807, 2.05) is 0 Å². The van der Waals surface area contributed by atoms with Gasteiger partial charge in [-0.05, 0) is 10.8 Å². The summed E-state index contributed by atoms with van der Waals surface area (Å²) < 4.78 is 0. The number of benzene rings is 2. The number of hydrogen-bond donors (Lipinski definition) is 0. The van der Waals surface area contributed by atoms with Crippen molar-refractivity contribution in [2.24, 2.45) is 0 Å². The van der Waals surface area contributed by atoms with Gasteiger partial charge in [-0.2, -0.15) is 12.1 Å². The van der Waals surface area contributed by atoms with Gasteiger partial charge in [-0.1, -0.05) is 79.6 Å². The van der Waals surface area contributed by atoms with Gasteiger partial charge in [-0.3, -0.25) is 0 Å². The Morgan fingerprint density at radius 3 is 1.21 bits per heavy atom. The van der Waals surface area contributed by atoms with Crippen molar-refractivity contribution in [2.45, 2.75) is 79.3 Å². The normalized spacial score (nSPS) is 10.9. The molecule has 0 unspecified atom stereocenters. The second-order valence-corrected chi connectivity index (χ2v) is 15.6. The van der Waals surface area contributed by atoms with Crippen molar-refractivity contribution in [3.05, 3.63) is 82.9 Å². The summed E-state index contributed by atoms with van der Waals surface area (Å²) in [4.78, 5) is 0. The maximum absolute atomic E-state index is 4.93. The van der Waals surface area contributed by atoms with Gasteiger partial charge in [-0.25, -0.2) is 0 Å². The van der Waals surface area contributed by atoms with Gasteiger partial charge in [0.25, 0.3) is 0 Å². The monoisotopic (exact) mass is 588 g/mol. The summed E-state index contributed by atoms with van der Waals surface area (Å²) >= 11 is -0.826. The average molecular weight is 591 g/mol. The average Bonchev–Trinajstić information content (AvgIpc) is 3.27. The van der Waals surface area contributed by atoms with Crippen LogP contribution < -0.4 is 0 Å². The first-order valence-electron chi connectivity index (χ1n) is 11.7. The molecule has 4 aromatic rings. The third-order valence-electron chi connectivity index (χ3n) is 5.44. The molecule has 0 aliphatic heterocycles. The minimum atomic E-state index is -0.826. The Balaban J connectivity index is 0.000000277. The Kier molecular flexibility index (Phi) is 13.1. The molecule has 0 saturated carbocycles. The van der Waals surface area contributed by atoms with Gasteiger partial charge in [-0.15, -0.1) is 81.2 Å². The third-order valence-corrected chi connectivity index (χ3v) is 5.44. The first-order chi connectivity index (χ1) is 15.8. The molecule has 0 aliphatic rings. The molecular formula is C30H40Cl2SiZr. The van der Waals surface area contributed by atoms with Crippen LogP contribution >= 0.6 is 17.0 Å². The molecule has 2 radical (unpaired) electrons. The molecule has 0 nitrogen and oxygen atoms in total. The molecule has 4 heteroatoms. The zero-order valence-corrected chi connectivity index (χ0v) is 27.5. The van der Waals surface area contributed by atoms with Gasteiger partial charge in [0.2, 0.25) is 0 Å². The number of halogens is 2. The van der Waals surface area contributed by atoms with Crippen LogP contribution in [0.1, 0.15) is 63.8 Å². The number of aryl methyl sites for hydroxylation is 2. The van der Waals surface area contributed by atoms with Gasteiger partial charge in [0.15, 0.2) is 0 Å². The van der Waals surface area contributed by atoms with Crippen molar-refractivity contribution in [3.8, 4) is 0 Å². The molecule has 0 fully saturated rings. The topological polar surface area (TPSA) is 0 Å². The van der Waals surface area contributed by atoms with Crippen LogP contribution in [0, 0.1) is 13.8 Å². The number of rotatable bonds is 0. The summed E-state index contributed by atoms with van der Waals surface area (Å²) in [6.07, 6.45) is 0. The van der Waals surface area contributed by atoms with Crippen LogP contribution in [0.3, 0.4) is 0 Å². The maximum atomic E-state index is 4.93. The van der Waals surface area contributed by atoms with Gasteiger partial charge >= 0.3 is 37.9 Å². The summed E-state index contributed by atoms with van der Waals surface area (Å²) in [5.41, 5.74) is 6.03. The molecule has 0 N–H and O–H groups in total. The first-order valence-corrected chi connectivity index (χ1v) is 20.0. The van der Waals surface area contributed by atoms with Crippen molar-refractivity contribution in [1.82, 2.24) is 0 Å². The molecule has 34 heavy (non-hydrogen) atoms. The summed E-state index contributed by atoms with van der Waals surface area (Å²) in [7, 11) is 11.0. The fraction of sp³-hybridized carbons (Fsp3) is 0.400. The summed E-state index contributed by atoms with van der Waals surface area (Å²) in [5.74, 6) is 0. The van der Waals surface area contributed by atoms with E-state index in [0.717, 1.165) is 9.52 Å². The SMILES string of the molecule is C[Si]C.Cc1cc2cc(C(C)(C)C)ccc2[cH-]1.Cc1cc2cc(C(C)(C)C)ccc2[cH-]1.[Cl][Zr+2][Cl]. The van der Waals surface area contributed by atoms with Gasteiger partial charge in [0.1, 0.15) is 0 Å². The van der Waals surface area contributed by atoms with E-state index >= 15 is 0 Å². The van der Waals surface area contributed by atoms with Crippen LogP contribution in [0.15, 0.2) is 60.7 Å². The predicted octanol–water partition coefficient (Wildman–Crippen LogP) is 10.5. The van der Waals surface area contributed by atoms with E-state index in [9.17, 15) is 0 Å². The first kappa shape index (κ1) is 31.4. The van der Waals surface area contributed by atoms with Crippen LogP contribution in [0.4, 0.5) is 0 Å². The molecule has 0 saturated heterocycles. The standard InChI is InChI=1S/2C14H17.C2H6Si.2ClH.Zr/c2*1-10-7-11-5-6-13(14(2,3)4)9-12(11)8-10;1-3-2;;;/h2*5-9H,1-4H3;1-2H3;2*1H;/q2*-1;;;;+4/p-2. The molecule has 0 heterocycles. The molecule has 0 atom stereocenters. The van der Waals surface area contributed by atoms with E-state index in [1.165, 1.54) is 43.8 Å². The third kappa shape index (κ3) is 10.1. The Morgan fingerprint density at radius 1 is 0.647 bits per heavy atom. The Bertz CT molecular complexity index is 1050. The van der Waals surface area contributed by atoms with Gasteiger partial charge < -0.3 is 0 Å². The van der Waals surface area contributed by atoms with E-state index in [4.69, 9.17) is 17.0 Å². The fourth-order valence-corrected chi connectivity index (χ4v) is 3.66.